The van der Waals surface area contributed by atoms with Crippen molar-refractivity contribution >= 4 is 23.2 Å². The summed E-state index contributed by atoms with van der Waals surface area (Å²) in [5.74, 6) is -0.309. The summed E-state index contributed by atoms with van der Waals surface area (Å²) in [4.78, 5) is 29.0. The molecular weight excluding hydrogens is 392 g/mol. The van der Waals surface area contributed by atoms with Crippen LogP contribution in [0.2, 0.25) is 0 Å². The fraction of sp³-hybridized carbons (Fsp3) is 0.417. The number of carbonyl (C=O) groups excluding carboxylic acids is 2. The lowest BCUT2D eigenvalue weighted by Crippen LogP contribution is -2.47. The molecule has 0 atom stereocenters. The predicted molar refractivity (Wildman–Crippen MR) is 124 cm³/mol. The molecule has 2 N–H and O–H groups in total. The molecule has 1 aliphatic heterocycles. The quantitative estimate of drug-likeness (QED) is 0.503. The Morgan fingerprint density at radius 1 is 0.968 bits per heavy atom. The molecule has 0 bridgehead atoms. The van der Waals surface area contributed by atoms with E-state index in [0.717, 1.165) is 62.6 Å². The maximum atomic E-state index is 12.2. The first-order valence-electron chi connectivity index (χ1n) is 10.9. The number of anilines is 2. The maximum absolute atomic E-state index is 12.2. The summed E-state index contributed by atoms with van der Waals surface area (Å²) in [5.41, 5.74) is 2.83. The normalized spacial score (nSPS) is 14.2. The molecule has 3 rings (SSSR count). The largest absolute Gasteiger partial charge is 0.495 e. The molecule has 0 aromatic heterocycles. The minimum Gasteiger partial charge on any atom is -0.495 e. The number of amides is 2. The van der Waals surface area contributed by atoms with Crippen LogP contribution in [-0.2, 0) is 16.0 Å². The number of nitrogens with one attached hydrogen (secondary N) is 2. The van der Waals surface area contributed by atoms with Gasteiger partial charge in [-0.2, -0.15) is 0 Å². The van der Waals surface area contributed by atoms with Gasteiger partial charge in [-0.1, -0.05) is 37.3 Å². The molecule has 0 aliphatic carbocycles. The van der Waals surface area contributed by atoms with Crippen LogP contribution in [-0.4, -0.2) is 63.1 Å². The zero-order valence-electron chi connectivity index (χ0n) is 18.4. The van der Waals surface area contributed by atoms with Gasteiger partial charge < -0.3 is 20.3 Å². The van der Waals surface area contributed by atoms with Crippen LogP contribution >= 0.6 is 0 Å². The third-order valence-electron chi connectivity index (χ3n) is 5.59. The average Bonchev–Trinajstić information content (AvgIpc) is 2.82. The number of piperazine rings is 1. The van der Waals surface area contributed by atoms with Gasteiger partial charge in [-0.25, -0.2) is 0 Å². The highest BCUT2D eigenvalue weighted by molar-refractivity contribution is 6.39. The molecule has 1 fully saturated rings. The Bertz CT molecular complexity index is 879. The Balaban J connectivity index is 1.36. The Hall–Kier alpha value is -3.06. The van der Waals surface area contributed by atoms with Crippen molar-refractivity contribution in [1.82, 2.24) is 10.2 Å². The number of rotatable bonds is 8. The molecule has 2 aromatic rings. The molecule has 0 spiro atoms. The minimum atomic E-state index is -0.619. The monoisotopic (exact) mass is 424 g/mol. The number of para-hydroxylation sites is 3. The van der Waals surface area contributed by atoms with Crippen molar-refractivity contribution in [3.63, 3.8) is 0 Å². The SMILES string of the molecule is CCc1ccccc1NC(=O)C(=O)NCCCN1CCN(c2ccccc2OC)CC1. The van der Waals surface area contributed by atoms with E-state index in [1.807, 2.05) is 49.4 Å². The number of aryl methyl sites for hydroxylation is 1. The fourth-order valence-corrected chi connectivity index (χ4v) is 3.82. The number of ether oxygens (including phenoxy) is 1. The molecular formula is C24H32N4O3. The van der Waals surface area contributed by atoms with Gasteiger partial charge >= 0.3 is 11.8 Å². The van der Waals surface area contributed by atoms with Crippen molar-refractivity contribution < 1.29 is 14.3 Å². The number of hydrogen-bond donors (Lipinski definition) is 2. The Labute approximate surface area is 184 Å². The standard InChI is InChI=1S/C24H32N4O3/c1-3-19-9-4-5-10-20(19)26-24(30)23(29)25-13-8-14-27-15-17-28(18-16-27)21-11-6-7-12-22(21)31-2/h4-7,9-12H,3,8,13-18H2,1-2H3,(H,25,29)(H,26,30). The predicted octanol–water partition coefficient (Wildman–Crippen LogP) is 2.52. The Morgan fingerprint density at radius 3 is 2.42 bits per heavy atom. The van der Waals surface area contributed by atoms with E-state index < -0.39 is 11.8 Å². The van der Waals surface area contributed by atoms with Crippen molar-refractivity contribution in [2.24, 2.45) is 0 Å². The molecule has 0 unspecified atom stereocenters. The first-order valence-corrected chi connectivity index (χ1v) is 10.9. The topological polar surface area (TPSA) is 73.9 Å². The smallest absolute Gasteiger partial charge is 0.313 e. The minimum absolute atomic E-state index is 0.481. The molecule has 0 saturated carbocycles. The third-order valence-corrected chi connectivity index (χ3v) is 5.59. The van der Waals surface area contributed by atoms with Crippen LogP contribution in [0.4, 0.5) is 11.4 Å². The zero-order valence-corrected chi connectivity index (χ0v) is 18.4. The summed E-state index contributed by atoms with van der Waals surface area (Å²) in [5, 5.41) is 5.43. The molecule has 2 aromatic carbocycles. The van der Waals surface area contributed by atoms with Gasteiger partial charge in [0.2, 0.25) is 0 Å². The molecule has 166 valence electrons. The lowest BCUT2D eigenvalue weighted by atomic mass is 10.1. The van der Waals surface area contributed by atoms with Gasteiger partial charge in [0.1, 0.15) is 5.75 Å². The molecule has 0 radical (unpaired) electrons. The molecule has 2 amide bonds. The zero-order chi connectivity index (χ0) is 22.1. The number of methoxy groups -OCH3 is 1. The van der Waals surface area contributed by atoms with Crippen molar-refractivity contribution in [2.45, 2.75) is 19.8 Å². The number of hydrogen-bond acceptors (Lipinski definition) is 5. The molecule has 1 heterocycles. The highest BCUT2D eigenvalue weighted by Crippen LogP contribution is 2.28. The Morgan fingerprint density at radius 2 is 1.68 bits per heavy atom. The van der Waals surface area contributed by atoms with E-state index in [9.17, 15) is 9.59 Å². The molecule has 7 heteroatoms. The second-order valence-corrected chi connectivity index (χ2v) is 7.57. The van der Waals surface area contributed by atoms with Gasteiger partial charge in [-0.05, 0) is 43.1 Å². The van der Waals surface area contributed by atoms with Crippen LogP contribution < -0.4 is 20.3 Å². The maximum Gasteiger partial charge on any atom is 0.313 e. The summed E-state index contributed by atoms with van der Waals surface area (Å²) < 4.78 is 5.47. The van der Waals surface area contributed by atoms with Crippen molar-refractivity contribution in [2.75, 3.05) is 56.6 Å². The van der Waals surface area contributed by atoms with Gasteiger partial charge in [-0.15, -0.1) is 0 Å². The van der Waals surface area contributed by atoms with Gasteiger partial charge in [0, 0.05) is 38.4 Å². The second kappa shape index (κ2) is 11.4. The van der Waals surface area contributed by atoms with Crippen molar-refractivity contribution in [3.8, 4) is 5.75 Å². The average molecular weight is 425 g/mol. The van der Waals surface area contributed by atoms with Gasteiger partial charge in [0.25, 0.3) is 0 Å². The molecule has 31 heavy (non-hydrogen) atoms. The third kappa shape index (κ3) is 6.21. The number of benzene rings is 2. The van der Waals surface area contributed by atoms with Crippen molar-refractivity contribution in [1.29, 1.82) is 0 Å². The van der Waals surface area contributed by atoms with E-state index in [1.54, 1.807) is 7.11 Å². The lowest BCUT2D eigenvalue weighted by molar-refractivity contribution is -0.136. The summed E-state index contributed by atoms with van der Waals surface area (Å²) in [7, 11) is 1.70. The molecule has 1 aliphatic rings. The van der Waals surface area contributed by atoms with Crippen LogP contribution in [0.3, 0.4) is 0 Å². The highest BCUT2D eigenvalue weighted by atomic mass is 16.5. The van der Waals surface area contributed by atoms with Gasteiger partial charge in [0.05, 0.1) is 12.8 Å². The first kappa shape index (κ1) is 22.6. The van der Waals surface area contributed by atoms with E-state index in [2.05, 4.69) is 26.5 Å². The van der Waals surface area contributed by atoms with E-state index in [4.69, 9.17) is 4.74 Å². The van der Waals surface area contributed by atoms with Gasteiger partial charge in [-0.3, -0.25) is 14.5 Å². The van der Waals surface area contributed by atoms with Crippen LogP contribution in [0.15, 0.2) is 48.5 Å². The van der Waals surface area contributed by atoms with Crippen LogP contribution in [0.5, 0.6) is 5.75 Å². The summed E-state index contributed by atoms with van der Waals surface area (Å²) in [6.07, 6.45) is 1.60. The van der Waals surface area contributed by atoms with E-state index in [-0.39, 0.29) is 0 Å². The molecule has 1 saturated heterocycles. The first-order chi connectivity index (χ1) is 15.1. The van der Waals surface area contributed by atoms with E-state index >= 15 is 0 Å². The number of carbonyl (C=O) groups is 2. The number of nitrogens with zero attached hydrogens (tertiary/aromatic N) is 2. The second-order valence-electron chi connectivity index (χ2n) is 7.57. The van der Waals surface area contributed by atoms with E-state index in [0.29, 0.717) is 12.2 Å². The van der Waals surface area contributed by atoms with Crippen LogP contribution in [0.1, 0.15) is 18.9 Å². The lowest BCUT2D eigenvalue weighted by Gasteiger charge is -2.36. The highest BCUT2D eigenvalue weighted by Gasteiger charge is 2.19. The van der Waals surface area contributed by atoms with Crippen LogP contribution in [0, 0.1) is 0 Å². The van der Waals surface area contributed by atoms with Crippen LogP contribution in [0.25, 0.3) is 0 Å². The Kier molecular flexibility index (Phi) is 8.29. The fourth-order valence-electron chi connectivity index (χ4n) is 3.82. The summed E-state index contributed by atoms with van der Waals surface area (Å²) in [6, 6.07) is 15.6. The van der Waals surface area contributed by atoms with Crippen molar-refractivity contribution in [3.05, 3.63) is 54.1 Å². The van der Waals surface area contributed by atoms with Gasteiger partial charge in [0.15, 0.2) is 0 Å². The van der Waals surface area contributed by atoms with E-state index in [1.165, 1.54) is 0 Å². The summed E-state index contributed by atoms with van der Waals surface area (Å²) in [6.45, 7) is 7.18. The molecule has 7 nitrogen and oxygen atoms in total. The summed E-state index contributed by atoms with van der Waals surface area (Å²) >= 11 is 0.